The molecule has 0 spiro atoms. The van der Waals surface area contributed by atoms with Crippen LogP contribution in [0.1, 0.15) is 5.56 Å². The molecule has 0 bridgehead atoms. The van der Waals surface area contributed by atoms with Crippen LogP contribution in [0, 0.1) is 0 Å². The zero-order chi connectivity index (χ0) is 12.3. The average Bonchev–Trinajstić information content (AvgIpc) is 2.32. The SMILES string of the molecule is Clc1cncc(Oc2ccc(CBr)cc2Cl)c1. The summed E-state index contributed by atoms with van der Waals surface area (Å²) in [6.45, 7) is 0. The third kappa shape index (κ3) is 3.35. The molecule has 0 aliphatic heterocycles. The van der Waals surface area contributed by atoms with E-state index in [4.69, 9.17) is 27.9 Å². The summed E-state index contributed by atoms with van der Waals surface area (Å²) >= 11 is 15.3. The van der Waals surface area contributed by atoms with E-state index < -0.39 is 0 Å². The number of hydrogen-bond acceptors (Lipinski definition) is 2. The molecule has 2 rings (SSSR count). The Kier molecular flexibility index (Phi) is 4.26. The molecule has 2 nitrogen and oxygen atoms in total. The fourth-order valence-electron chi connectivity index (χ4n) is 1.29. The van der Waals surface area contributed by atoms with Crippen molar-refractivity contribution in [2.45, 2.75) is 5.33 Å². The van der Waals surface area contributed by atoms with E-state index in [0.29, 0.717) is 21.5 Å². The van der Waals surface area contributed by atoms with E-state index in [-0.39, 0.29) is 0 Å². The van der Waals surface area contributed by atoms with Gasteiger partial charge in [-0.15, -0.1) is 0 Å². The largest absolute Gasteiger partial charge is 0.454 e. The number of nitrogens with zero attached hydrogens (tertiary/aromatic N) is 1. The van der Waals surface area contributed by atoms with Crippen molar-refractivity contribution in [1.82, 2.24) is 4.98 Å². The van der Waals surface area contributed by atoms with Crippen LogP contribution in [-0.2, 0) is 5.33 Å². The average molecular weight is 333 g/mol. The van der Waals surface area contributed by atoms with Gasteiger partial charge in [-0.05, 0) is 17.7 Å². The van der Waals surface area contributed by atoms with Gasteiger partial charge in [-0.25, -0.2) is 0 Å². The van der Waals surface area contributed by atoms with Crippen molar-refractivity contribution in [3.05, 3.63) is 52.3 Å². The summed E-state index contributed by atoms with van der Waals surface area (Å²) in [6.07, 6.45) is 3.13. The summed E-state index contributed by atoms with van der Waals surface area (Å²) in [5, 5.41) is 1.84. The van der Waals surface area contributed by atoms with Crippen LogP contribution < -0.4 is 4.74 Å². The Morgan fingerprint density at radius 1 is 1.18 bits per heavy atom. The van der Waals surface area contributed by atoms with Gasteiger partial charge in [0.15, 0.2) is 0 Å². The normalized spacial score (nSPS) is 10.3. The van der Waals surface area contributed by atoms with Gasteiger partial charge in [0.05, 0.1) is 16.2 Å². The highest BCUT2D eigenvalue weighted by atomic mass is 79.9. The lowest BCUT2D eigenvalue weighted by Gasteiger charge is -2.08. The Labute approximate surface area is 118 Å². The molecule has 0 unspecified atom stereocenters. The van der Waals surface area contributed by atoms with Crippen LogP contribution in [0.15, 0.2) is 36.7 Å². The lowest BCUT2D eigenvalue weighted by atomic mass is 10.2. The van der Waals surface area contributed by atoms with Crippen LogP contribution in [0.3, 0.4) is 0 Å². The number of pyridine rings is 1. The molecule has 2 aromatic rings. The van der Waals surface area contributed by atoms with E-state index in [1.807, 2.05) is 18.2 Å². The number of rotatable bonds is 3. The molecule has 0 saturated carbocycles. The molecule has 1 heterocycles. The van der Waals surface area contributed by atoms with Crippen LogP contribution in [0.5, 0.6) is 11.5 Å². The van der Waals surface area contributed by atoms with Crippen molar-refractivity contribution in [1.29, 1.82) is 0 Å². The summed E-state index contributed by atoms with van der Waals surface area (Å²) < 4.78 is 5.60. The Morgan fingerprint density at radius 3 is 2.65 bits per heavy atom. The van der Waals surface area contributed by atoms with Gasteiger partial charge in [0, 0.05) is 17.6 Å². The van der Waals surface area contributed by atoms with Gasteiger partial charge in [0.1, 0.15) is 11.5 Å². The molecule has 1 aromatic heterocycles. The Balaban J connectivity index is 2.24. The molecule has 0 amide bonds. The smallest absolute Gasteiger partial charge is 0.147 e. The first-order valence-corrected chi connectivity index (χ1v) is 6.69. The fourth-order valence-corrected chi connectivity index (χ4v) is 2.04. The molecule has 0 N–H and O–H groups in total. The summed E-state index contributed by atoms with van der Waals surface area (Å²) in [5.41, 5.74) is 1.09. The predicted octanol–water partition coefficient (Wildman–Crippen LogP) is 5.08. The first-order chi connectivity index (χ1) is 8.19. The van der Waals surface area contributed by atoms with Crippen LogP contribution in [0.2, 0.25) is 10.0 Å². The Morgan fingerprint density at radius 2 is 2.00 bits per heavy atom. The summed E-state index contributed by atoms with van der Waals surface area (Å²) in [4.78, 5) is 3.94. The van der Waals surface area contributed by atoms with Gasteiger partial charge in [-0.3, -0.25) is 4.98 Å². The second-order valence-electron chi connectivity index (χ2n) is 3.34. The number of ether oxygens (including phenoxy) is 1. The van der Waals surface area contributed by atoms with E-state index >= 15 is 0 Å². The van der Waals surface area contributed by atoms with Crippen molar-refractivity contribution in [3.8, 4) is 11.5 Å². The van der Waals surface area contributed by atoms with Gasteiger partial charge >= 0.3 is 0 Å². The monoisotopic (exact) mass is 331 g/mol. The second kappa shape index (κ2) is 5.71. The number of halogens is 3. The van der Waals surface area contributed by atoms with Crippen LogP contribution >= 0.6 is 39.1 Å². The maximum Gasteiger partial charge on any atom is 0.147 e. The minimum absolute atomic E-state index is 0.524. The van der Waals surface area contributed by atoms with Crippen LogP contribution in [0.4, 0.5) is 0 Å². The van der Waals surface area contributed by atoms with E-state index in [1.54, 1.807) is 18.5 Å². The highest BCUT2D eigenvalue weighted by Crippen LogP contribution is 2.31. The van der Waals surface area contributed by atoms with E-state index in [2.05, 4.69) is 20.9 Å². The zero-order valence-electron chi connectivity index (χ0n) is 8.66. The standard InChI is InChI=1S/C12H8BrCl2NO/c13-5-8-1-2-12(11(15)3-8)17-10-4-9(14)6-16-7-10/h1-4,6-7H,5H2. The number of benzene rings is 1. The molecule has 0 aliphatic rings. The molecule has 88 valence electrons. The molecule has 0 fully saturated rings. The van der Waals surface area contributed by atoms with Crippen molar-refractivity contribution in [2.75, 3.05) is 0 Å². The van der Waals surface area contributed by atoms with E-state index in [9.17, 15) is 0 Å². The molecule has 0 radical (unpaired) electrons. The summed E-state index contributed by atoms with van der Waals surface area (Å²) in [5.74, 6) is 1.14. The quantitative estimate of drug-likeness (QED) is 0.731. The van der Waals surface area contributed by atoms with Gasteiger partial charge in [0.2, 0.25) is 0 Å². The summed E-state index contributed by atoms with van der Waals surface area (Å²) in [7, 11) is 0. The fraction of sp³-hybridized carbons (Fsp3) is 0.0833. The number of alkyl halides is 1. The van der Waals surface area contributed by atoms with Crippen LogP contribution in [0.25, 0.3) is 0 Å². The minimum atomic E-state index is 0.524. The van der Waals surface area contributed by atoms with E-state index in [0.717, 1.165) is 10.9 Å². The molecule has 17 heavy (non-hydrogen) atoms. The lowest BCUT2D eigenvalue weighted by molar-refractivity contribution is 0.480. The molecule has 0 saturated heterocycles. The van der Waals surface area contributed by atoms with Gasteiger partial charge < -0.3 is 4.74 Å². The lowest BCUT2D eigenvalue weighted by Crippen LogP contribution is -1.87. The van der Waals surface area contributed by atoms with Crippen molar-refractivity contribution >= 4 is 39.1 Å². The highest BCUT2D eigenvalue weighted by Gasteiger charge is 2.05. The third-order valence-electron chi connectivity index (χ3n) is 2.06. The number of aromatic nitrogens is 1. The molecule has 0 aliphatic carbocycles. The Bertz CT molecular complexity index is 534. The maximum absolute atomic E-state index is 6.10. The maximum atomic E-state index is 6.10. The molecular formula is C12H8BrCl2NO. The molecule has 5 heteroatoms. The highest BCUT2D eigenvalue weighted by molar-refractivity contribution is 9.08. The van der Waals surface area contributed by atoms with Gasteiger partial charge in [-0.1, -0.05) is 45.2 Å². The first kappa shape index (κ1) is 12.7. The molecule has 1 aromatic carbocycles. The van der Waals surface area contributed by atoms with E-state index in [1.165, 1.54) is 0 Å². The summed E-state index contributed by atoms with van der Waals surface area (Å²) in [6, 6.07) is 7.29. The van der Waals surface area contributed by atoms with Gasteiger partial charge in [-0.2, -0.15) is 0 Å². The predicted molar refractivity (Wildman–Crippen MR) is 73.4 cm³/mol. The van der Waals surface area contributed by atoms with Crippen molar-refractivity contribution in [2.24, 2.45) is 0 Å². The van der Waals surface area contributed by atoms with Crippen molar-refractivity contribution in [3.63, 3.8) is 0 Å². The topological polar surface area (TPSA) is 22.1 Å². The molecule has 0 atom stereocenters. The molecular weight excluding hydrogens is 325 g/mol. The van der Waals surface area contributed by atoms with Crippen molar-refractivity contribution < 1.29 is 4.74 Å². The third-order valence-corrected chi connectivity index (χ3v) is 3.21. The van der Waals surface area contributed by atoms with Gasteiger partial charge in [0.25, 0.3) is 0 Å². The minimum Gasteiger partial charge on any atom is -0.454 e. The zero-order valence-corrected chi connectivity index (χ0v) is 11.8. The first-order valence-electron chi connectivity index (χ1n) is 4.82. The second-order valence-corrected chi connectivity index (χ2v) is 4.74. The Hall–Kier alpha value is -0.770. The number of hydrogen-bond donors (Lipinski definition) is 0. The van der Waals surface area contributed by atoms with Crippen LogP contribution in [-0.4, -0.2) is 4.98 Å².